The molecule has 0 aliphatic carbocycles. The summed E-state index contributed by atoms with van der Waals surface area (Å²) in [6, 6.07) is 11.2. The predicted molar refractivity (Wildman–Crippen MR) is 78.0 cm³/mol. The van der Waals surface area contributed by atoms with Crippen LogP contribution in [0.4, 0.5) is 8.78 Å². The largest absolute Gasteiger partial charge is 0.487 e. The van der Waals surface area contributed by atoms with Gasteiger partial charge in [0.1, 0.15) is 6.61 Å². The fraction of sp³-hybridized carbons (Fsp3) is 0.235. The van der Waals surface area contributed by atoms with Crippen LogP contribution in [0.15, 0.2) is 42.5 Å². The van der Waals surface area contributed by atoms with Crippen LogP contribution in [0.5, 0.6) is 5.75 Å². The molecule has 1 N–H and O–H groups in total. The van der Waals surface area contributed by atoms with Gasteiger partial charge < -0.3 is 9.84 Å². The van der Waals surface area contributed by atoms with Crippen LogP contribution in [0, 0.1) is 11.6 Å². The molecule has 1 atom stereocenters. The van der Waals surface area contributed by atoms with Crippen LogP contribution >= 0.6 is 0 Å². The summed E-state index contributed by atoms with van der Waals surface area (Å²) in [6.07, 6.45) is -0.586. The Morgan fingerprint density at radius 1 is 1.18 bits per heavy atom. The van der Waals surface area contributed by atoms with Gasteiger partial charge in [-0.25, -0.2) is 4.39 Å². The number of Topliss-reactive ketones (excluding diaryl/α,β-unsaturated/α-hetero) is 1. The number of carbonyl (C=O) groups is 1. The molecular weight excluding hydrogens is 290 g/mol. The third-order valence-electron chi connectivity index (χ3n) is 3.16. The zero-order valence-corrected chi connectivity index (χ0v) is 12.1. The number of aliphatic hydroxyl groups is 1. The number of carbonyl (C=O) groups excluding carboxylic acids is 1. The second-order valence-corrected chi connectivity index (χ2v) is 4.95. The Balaban J connectivity index is 2.08. The van der Waals surface area contributed by atoms with E-state index >= 15 is 0 Å². The van der Waals surface area contributed by atoms with Crippen LogP contribution < -0.4 is 4.74 Å². The number of rotatable bonds is 6. The number of hydrogen-bond donors (Lipinski definition) is 1. The SMILES string of the molecule is CC(=O)c1ccc(F)c(F)c1OC[C@H](O)Cc1ccccc1. The van der Waals surface area contributed by atoms with Gasteiger partial charge in [-0.2, -0.15) is 4.39 Å². The zero-order chi connectivity index (χ0) is 16.1. The molecule has 0 spiro atoms. The maximum atomic E-state index is 13.8. The molecule has 22 heavy (non-hydrogen) atoms. The minimum Gasteiger partial charge on any atom is -0.487 e. The van der Waals surface area contributed by atoms with Crippen LogP contribution in [-0.4, -0.2) is 23.6 Å². The molecule has 0 bridgehead atoms. The van der Waals surface area contributed by atoms with Gasteiger partial charge in [-0.15, -0.1) is 0 Å². The summed E-state index contributed by atoms with van der Waals surface area (Å²) in [6.45, 7) is 0.996. The third kappa shape index (κ3) is 3.89. The lowest BCUT2D eigenvalue weighted by Gasteiger charge is -2.15. The lowest BCUT2D eigenvalue weighted by atomic mass is 10.1. The maximum absolute atomic E-state index is 13.8. The van der Waals surface area contributed by atoms with Crippen molar-refractivity contribution in [2.45, 2.75) is 19.4 Å². The molecule has 0 unspecified atom stereocenters. The summed E-state index contributed by atoms with van der Waals surface area (Å²) < 4.78 is 32.2. The molecule has 2 rings (SSSR count). The second-order valence-electron chi connectivity index (χ2n) is 4.95. The van der Waals surface area contributed by atoms with E-state index in [1.54, 1.807) is 0 Å². The predicted octanol–water partition coefficient (Wildman–Crippen LogP) is 3.15. The molecule has 0 amide bonds. The minimum atomic E-state index is -1.22. The first-order valence-electron chi connectivity index (χ1n) is 6.82. The lowest BCUT2D eigenvalue weighted by Crippen LogP contribution is -2.21. The fourth-order valence-corrected chi connectivity index (χ4v) is 2.08. The molecule has 0 fully saturated rings. The number of benzene rings is 2. The number of ether oxygens (including phenoxy) is 1. The van der Waals surface area contributed by atoms with E-state index in [0.29, 0.717) is 6.42 Å². The minimum absolute atomic E-state index is 0.0502. The van der Waals surface area contributed by atoms with Crippen molar-refractivity contribution in [1.29, 1.82) is 0 Å². The molecule has 0 aliphatic heterocycles. The Morgan fingerprint density at radius 3 is 2.50 bits per heavy atom. The Labute approximate surface area is 127 Å². The monoisotopic (exact) mass is 306 g/mol. The summed E-state index contributed by atoms with van der Waals surface area (Å²) in [5, 5.41) is 9.93. The summed E-state index contributed by atoms with van der Waals surface area (Å²) in [5.74, 6) is -3.22. The van der Waals surface area contributed by atoms with Gasteiger partial charge in [-0.05, 0) is 24.6 Å². The van der Waals surface area contributed by atoms with Crippen LogP contribution in [0.25, 0.3) is 0 Å². The van der Waals surface area contributed by atoms with E-state index < -0.39 is 29.3 Å². The first-order valence-corrected chi connectivity index (χ1v) is 6.82. The molecule has 3 nitrogen and oxygen atoms in total. The highest BCUT2D eigenvalue weighted by Gasteiger charge is 2.19. The van der Waals surface area contributed by atoms with Crippen molar-refractivity contribution in [3.05, 3.63) is 65.2 Å². The van der Waals surface area contributed by atoms with E-state index in [2.05, 4.69) is 0 Å². The van der Waals surface area contributed by atoms with Crippen molar-refractivity contribution in [3.63, 3.8) is 0 Å². The molecule has 2 aromatic carbocycles. The lowest BCUT2D eigenvalue weighted by molar-refractivity contribution is 0.0963. The van der Waals surface area contributed by atoms with Gasteiger partial charge in [0.25, 0.3) is 0 Å². The van der Waals surface area contributed by atoms with Crippen molar-refractivity contribution >= 4 is 5.78 Å². The first kappa shape index (κ1) is 16.1. The summed E-state index contributed by atoms with van der Waals surface area (Å²) in [4.78, 5) is 11.4. The standard InChI is InChI=1S/C17H16F2O3/c1-11(20)14-7-8-15(18)16(19)17(14)22-10-13(21)9-12-5-3-2-4-6-12/h2-8,13,21H,9-10H2,1H3/t13-/m1/s1. The van der Waals surface area contributed by atoms with Gasteiger partial charge in [-0.3, -0.25) is 4.79 Å². The van der Waals surface area contributed by atoms with Crippen molar-refractivity contribution in [1.82, 2.24) is 0 Å². The smallest absolute Gasteiger partial charge is 0.201 e. The molecule has 116 valence electrons. The van der Waals surface area contributed by atoms with E-state index in [1.807, 2.05) is 30.3 Å². The van der Waals surface area contributed by atoms with Gasteiger partial charge in [-0.1, -0.05) is 30.3 Å². The van der Waals surface area contributed by atoms with Crippen LogP contribution in [0.1, 0.15) is 22.8 Å². The Morgan fingerprint density at radius 2 is 1.86 bits per heavy atom. The summed E-state index contributed by atoms with van der Waals surface area (Å²) in [7, 11) is 0. The van der Waals surface area contributed by atoms with E-state index in [0.717, 1.165) is 11.6 Å². The Bertz CT molecular complexity index is 656. The van der Waals surface area contributed by atoms with Gasteiger partial charge in [0.05, 0.1) is 11.7 Å². The fourth-order valence-electron chi connectivity index (χ4n) is 2.08. The van der Waals surface area contributed by atoms with Gasteiger partial charge >= 0.3 is 0 Å². The van der Waals surface area contributed by atoms with E-state index in [9.17, 15) is 18.7 Å². The third-order valence-corrected chi connectivity index (χ3v) is 3.16. The quantitative estimate of drug-likeness (QED) is 0.834. The zero-order valence-electron chi connectivity index (χ0n) is 12.1. The number of aliphatic hydroxyl groups excluding tert-OH is 1. The first-order chi connectivity index (χ1) is 10.5. The van der Waals surface area contributed by atoms with Gasteiger partial charge in [0.2, 0.25) is 5.82 Å². The topological polar surface area (TPSA) is 46.5 Å². The normalized spacial score (nSPS) is 12.0. The summed E-state index contributed by atoms with van der Waals surface area (Å²) in [5.41, 5.74) is 0.843. The van der Waals surface area contributed by atoms with Crippen molar-refractivity contribution < 1.29 is 23.4 Å². The molecule has 0 saturated carbocycles. The second kappa shape index (κ2) is 7.13. The highest BCUT2D eigenvalue weighted by Crippen LogP contribution is 2.26. The molecular formula is C17H16F2O3. The Kier molecular flexibility index (Phi) is 5.22. The average molecular weight is 306 g/mol. The average Bonchev–Trinajstić information content (AvgIpc) is 2.49. The van der Waals surface area contributed by atoms with Crippen LogP contribution in [0.2, 0.25) is 0 Å². The molecule has 0 saturated heterocycles. The highest BCUT2D eigenvalue weighted by molar-refractivity contribution is 5.96. The molecule has 2 aromatic rings. The molecule has 5 heteroatoms. The molecule has 0 radical (unpaired) electrons. The van der Waals surface area contributed by atoms with Crippen LogP contribution in [0.3, 0.4) is 0 Å². The van der Waals surface area contributed by atoms with Crippen LogP contribution in [-0.2, 0) is 6.42 Å². The Hall–Kier alpha value is -2.27. The van der Waals surface area contributed by atoms with Gasteiger partial charge in [0, 0.05) is 6.42 Å². The number of halogens is 2. The number of ketones is 1. The highest BCUT2D eigenvalue weighted by atomic mass is 19.2. The number of hydrogen-bond acceptors (Lipinski definition) is 3. The van der Waals surface area contributed by atoms with Crippen molar-refractivity contribution in [2.75, 3.05) is 6.61 Å². The molecule has 0 aromatic heterocycles. The summed E-state index contributed by atoms with van der Waals surface area (Å²) >= 11 is 0. The van der Waals surface area contributed by atoms with Gasteiger partial charge in [0.15, 0.2) is 17.3 Å². The van der Waals surface area contributed by atoms with E-state index in [-0.39, 0.29) is 12.2 Å². The van der Waals surface area contributed by atoms with E-state index in [4.69, 9.17) is 4.74 Å². The molecule has 0 heterocycles. The molecule has 0 aliphatic rings. The maximum Gasteiger partial charge on any atom is 0.201 e. The van der Waals surface area contributed by atoms with Crippen molar-refractivity contribution in [2.24, 2.45) is 0 Å². The van der Waals surface area contributed by atoms with Crippen molar-refractivity contribution in [3.8, 4) is 5.75 Å². The van der Waals surface area contributed by atoms with E-state index in [1.165, 1.54) is 13.0 Å².